The number of ether oxygens (including phenoxy) is 1. The highest BCUT2D eigenvalue weighted by molar-refractivity contribution is 5.85. The molecule has 2 aromatic rings. The lowest BCUT2D eigenvalue weighted by Crippen LogP contribution is -2.05. The largest absolute Gasteiger partial charge is 0.482 e. The van der Waals surface area contributed by atoms with Crippen LogP contribution in [0.25, 0.3) is 0 Å². The highest BCUT2D eigenvalue weighted by atomic mass is 35.5. The van der Waals surface area contributed by atoms with E-state index in [1.165, 1.54) is 12.1 Å². The first-order valence-corrected chi connectivity index (χ1v) is 5.12. The summed E-state index contributed by atoms with van der Waals surface area (Å²) in [5.74, 6) is 0.390. The molecule has 0 bridgehead atoms. The number of nitrogens with zero attached hydrogens (tertiary/aromatic N) is 2. The molecule has 98 valence electrons. The standard InChI is InChI=1S/C11H12FN3O2.ClH/c1-7(13)11-14-10(15-17-11)6-16-9-5-3-2-4-8(9)12;/h2-5,7H,6,13H2,1H3;1H/t7-;/m0./s1. The van der Waals surface area contributed by atoms with E-state index in [9.17, 15) is 4.39 Å². The van der Waals surface area contributed by atoms with Gasteiger partial charge in [-0.25, -0.2) is 4.39 Å². The Hall–Kier alpha value is -1.66. The zero-order chi connectivity index (χ0) is 12.3. The zero-order valence-electron chi connectivity index (χ0n) is 9.67. The Morgan fingerprint density at radius 2 is 2.17 bits per heavy atom. The maximum Gasteiger partial charge on any atom is 0.243 e. The number of halogens is 2. The van der Waals surface area contributed by atoms with Crippen molar-refractivity contribution >= 4 is 12.4 Å². The van der Waals surface area contributed by atoms with Gasteiger partial charge in [0, 0.05) is 0 Å². The van der Waals surface area contributed by atoms with Gasteiger partial charge in [0.15, 0.2) is 18.2 Å². The van der Waals surface area contributed by atoms with Gasteiger partial charge in [-0.1, -0.05) is 17.3 Å². The molecule has 0 aliphatic carbocycles. The van der Waals surface area contributed by atoms with Crippen molar-refractivity contribution in [3.05, 3.63) is 41.8 Å². The quantitative estimate of drug-likeness (QED) is 0.925. The van der Waals surface area contributed by atoms with Gasteiger partial charge in [0.05, 0.1) is 6.04 Å². The number of benzene rings is 1. The maximum atomic E-state index is 13.2. The molecule has 0 saturated heterocycles. The van der Waals surface area contributed by atoms with E-state index in [0.29, 0.717) is 11.7 Å². The predicted molar refractivity (Wildman–Crippen MR) is 64.9 cm³/mol. The Labute approximate surface area is 110 Å². The SMILES string of the molecule is C[C@H](N)c1nc(COc2ccccc2F)no1.Cl. The van der Waals surface area contributed by atoms with Gasteiger partial charge in [0.25, 0.3) is 0 Å². The van der Waals surface area contributed by atoms with E-state index < -0.39 is 5.82 Å². The second-order valence-corrected chi connectivity index (χ2v) is 3.56. The summed E-state index contributed by atoms with van der Waals surface area (Å²) in [5.41, 5.74) is 5.56. The van der Waals surface area contributed by atoms with Crippen LogP contribution in [0.3, 0.4) is 0 Å². The number of aromatic nitrogens is 2. The molecule has 0 aliphatic rings. The minimum absolute atomic E-state index is 0. The minimum atomic E-state index is -0.427. The lowest BCUT2D eigenvalue weighted by Gasteiger charge is -2.03. The molecule has 0 radical (unpaired) electrons. The Balaban J connectivity index is 0.00000162. The average Bonchev–Trinajstić information content (AvgIpc) is 2.77. The molecule has 2 rings (SSSR count). The molecule has 1 atom stereocenters. The minimum Gasteiger partial charge on any atom is -0.482 e. The van der Waals surface area contributed by atoms with Gasteiger partial charge >= 0.3 is 0 Å². The van der Waals surface area contributed by atoms with Crippen molar-refractivity contribution < 1.29 is 13.7 Å². The monoisotopic (exact) mass is 273 g/mol. The highest BCUT2D eigenvalue weighted by Crippen LogP contribution is 2.16. The van der Waals surface area contributed by atoms with Crippen LogP contribution in [0, 0.1) is 5.82 Å². The molecule has 0 fully saturated rings. The molecule has 18 heavy (non-hydrogen) atoms. The molecule has 1 aromatic carbocycles. The topological polar surface area (TPSA) is 74.2 Å². The van der Waals surface area contributed by atoms with E-state index in [0.717, 1.165) is 0 Å². The lowest BCUT2D eigenvalue weighted by molar-refractivity contribution is 0.272. The van der Waals surface area contributed by atoms with Crippen molar-refractivity contribution in [1.82, 2.24) is 10.1 Å². The van der Waals surface area contributed by atoms with Crippen LogP contribution in [0.15, 0.2) is 28.8 Å². The summed E-state index contributed by atoms with van der Waals surface area (Å²) in [6.07, 6.45) is 0. The van der Waals surface area contributed by atoms with E-state index in [2.05, 4.69) is 10.1 Å². The van der Waals surface area contributed by atoms with Crippen molar-refractivity contribution in [2.45, 2.75) is 19.6 Å². The summed E-state index contributed by atoms with van der Waals surface area (Å²) in [7, 11) is 0. The maximum absolute atomic E-state index is 13.2. The van der Waals surface area contributed by atoms with Crippen molar-refractivity contribution in [2.75, 3.05) is 0 Å². The fraction of sp³-hybridized carbons (Fsp3) is 0.273. The van der Waals surface area contributed by atoms with Crippen LogP contribution in [-0.2, 0) is 6.61 Å². The van der Waals surface area contributed by atoms with Crippen LogP contribution in [0.1, 0.15) is 24.7 Å². The molecule has 0 unspecified atom stereocenters. The normalized spacial score (nSPS) is 11.7. The van der Waals surface area contributed by atoms with Gasteiger partial charge in [0.1, 0.15) is 0 Å². The van der Waals surface area contributed by atoms with E-state index in [1.54, 1.807) is 19.1 Å². The summed E-state index contributed by atoms with van der Waals surface area (Å²) in [6.45, 7) is 1.77. The van der Waals surface area contributed by atoms with Gasteiger partial charge in [-0.15, -0.1) is 12.4 Å². The van der Waals surface area contributed by atoms with E-state index in [-0.39, 0.29) is 30.8 Å². The van der Waals surface area contributed by atoms with Crippen LogP contribution in [0.4, 0.5) is 4.39 Å². The van der Waals surface area contributed by atoms with E-state index in [4.69, 9.17) is 15.0 Å². The van der Waals surface area contributed by atoms with Crippen LogP contribution in [0.2, 0.25) is 0 Å². The Kier molecular flexibility index (Phi) is 5.06. The van der Waals surface area contributed by atoms with E-state index >= 15 is 0 Å². The molecule has 7 heteroatoms. The lowest BCUT2D eigenvalue weighted by atomic mass is 10.3. The first kappa shape index (κ1) is 14.4. The summed E-state index contributed by atoms with van der Waals surface area (Å²) in [5, 5.41) is 3.67. The molecule has 5 nitrogen and oxygen atoms in total. The van der Waals surface area contributed by atoms with Gasteiger partial charge in [-0.2, -0.15) is 4.98 Å². The summed E-state index contributed by atoms with van der Waals surface area (Å²) < 4.78 is 23.3. The molecule has 0 amide bonds. The van der Waals surface area contributed by atoms with E-state index in [1.807, 2.05) is 0 Å². The summed E-state index contributed by atoms with van der Waals surface area (Å²) in [4.78, 5) is 4.00. The highest BCUT2D eigenvalue weighted by Gasteiger charge is 2.11. The molecule has 0 spiro atoms. The molecule has 1 aromatic heterocycles. The van der Waals surface area contributed by atoms with Crippen LogP contribution in [0.5, 0.6) is 5.75 Å². The molecule has 1 heterocycles. The molecular weight excluding hydrogens is 261 g/mol. The third kappa shape index (κ3) is 3.41. The Bertz CT molecular complexity index is 505. The third-order valence-electron chi connectivity index (χ3n) is 2.07. The predicted octanol–water partition coefficient (Wildman–Crippen LogP) is 2.23. The molecular formula is C11H13ClFN3O2. The first-order chi connectivity index (χ1) is 8.16. The van der Waals surface area contributed by atoms with Gasteiger partial charge in [-0.05, 0) is 19.1 Å². The second-order valence-electron chi connectivity index (χ2n) is 3.56. The summed E-state index contributed by atoms with van der Waals surface area (Å²) in [6, 6.07) is 5.79. The zero-order valence-corrected chi connectivity index (χ0v) is 10.5. The average molecular weight is 274 g/mol. The van der Waals surface area contributed by atoms with Crippen molar-refractivity contribution in [1.29, 1.82) is 0 Å². The third-order valence-corrected chi connectivity index (χ3v) is 2.07. The fourth-order valence-corrected chi connectivity index (χ4v) is 1.22. The number of para-hydroxylation sites is 1. The van der Waals surface area contributed by atoms with Crippen LogP contribution >= 0.6 is 12.4 Å². The van der Waals surface area contributed by atoms with Crippen LogP contribution in [-0.4, -0.2) is 10.1 Å². The van der Waals surface area contributed by atoms with Crippen molar-refractivity contribution in [2.24, 2.45) is 5.73 Å². The number of rotatable bonds is 4. The number of nitrogens with two attached hydrogens (primary N) is 1. The molecule has 0 aliphatic heterocycles. The number of hydrogen-bond donors (Lipinski definition) is 1. The first-order valence-electron chi connectivity index (χ1n) is 5.12. The van der Waals surface area contributed by atoms with Gasteiger partial charge in [0.2, 0.25) is 11.7 Å². The molecule has 0 saturated carbocycles. The fourth-order valence-electron chi connectivity index (χ4n) is 1.22. The van der Waals surface area contributed by atoms with Gasteiger partial charge in [-0.3, -0.25) is 0 Å². The second kappa shape index (κ2) is 6.32. The van der Waals surface area contributed by atoms with Gasteiger partial charge < -0.3 is 15.0 Å². The Morgan fingerprint density at radius 1 is 1.44 bits per heavy atom. The van der Waals surface area contributed by atoms with Crippen molar-refractivity contribution in [3.8, 4) is 5.75 Å². The van der Waals surface area contributed by atoms with Crippen LogP contribution < -0.4 is 10.5 Å². The smallest absolute Gasteiger partial charge is 0.243 e. The molecule has 2 N–H and O–H groups in total. The Morgan fingerprint density at radius 3 is 2.78 bits per heavy atom. The number of hydrogen-bond acceptors (Lipinski definition) is 5. The van der Waals surface area contributed by atoms with Crippen molar-refractivity contribution in [3.63, 3.8) is 0 Å². The summed E-state index contributed by atoms with van der Waals surface area (Å²) >= 11 is 0.